The standard InChI is InChI=1S/C17H24N2O3S/c1-18(10-16(21)19-8-6-12(20)7-9-19)17(22)14-11-23-15-5-3-2-4-13(14)15/h11-12,20H,2-10H2,1H3. The van der Waals surface area contributed by atoms with Crippen LogP contribution in [0.3, 0.4) is 0 Å². The number of rotatable bonds is 3. The molecule has 0 bridgehead atoms. The Morgan fingerprint density at radius 3 is 2.74 bits per heavy atom. The summed E-state index contributed by atoms with van der Waals surface area (Å²) in [5.74, 6) is -0.0772. The largest absolute Gasteiger partial charge is 0.393 e. The molecule has 1 aromatic rings. The Balaban J connectivity index is 1.61. The molecule has 0 unspecified atom stereocenters. The number of hydrogen-bond acceptors (Lipinski definition) is 4. The van der Waals surface area contributed by atoms with E-state index in [1.54, 1.807) is 23.3 Å². The highest BCUT2D eigenvalue weighted by Crippen LogP contribution is 2.30. The van der Waals surface area contributed by atoms with Crippen molar-refractivity contribution in [2.24, 2.45) is 0 Å². The van der Waals surface area contributed by atoms with Gasteiger partial charge in [-0.1, -0.05) is 0 Å². The van der Waals surface area contributed by atoms with Crippen LogP contribution in [0.4, 0.5) is 0 Å². The highest BCUT2D eigenvalue weighted by atomic mass is 32.1. The first-order valence-corrected chi connectivity index (χ1v) is 9.24. The van der Waals surface area contributed by atoms with Gasteiger partial charge >= 0.3 is 0 Å². The van der Waals surface area contributed by atoms with Crippen molar-refractivity contribution >= 4 is 23.2 Å². The number of carbonyl (C=O) groups is 2. The van der Waals surface area contributed by atoms with Gasteiger partial charge in [0.2, 0.25) is 5.91 Å². The average molecular weight is 336 g/mol. The van der Waals surface area contributed by atoms with Gasteiger partial charge in [0, 0.05) is 30.4 Å². The lowest BCUT2D eigenvalue weighted by Crippen LogP contribution is -2.45. The molecule has 2 heterocycles. The Morgan fingerprint density at radius 1 is 1.30 bits per heavy atom. The number of likely N-dealkylation sites (tertiary alicyclic amines) is 1. The number of amides is 2. The van der Waals surface area contributed by atoms with Crippen LogP contribution >= 0.6 is 11.3 Å². The van der Waals surface area contributed by atoms with Crippen LogP contribution in [-0.2, 0) is 17.6 Å². The number of hydrogen-bond donors (Lipinski definition) is 1. The molecule has 5 nitrogen and oxygen atoms in total. The van der Waals surface area contributed by atoms with E-state index in [0.717, 1.165) is 24.8 Å². The molecule has 1 fully saturated rings. The Kier molecular flexibility index (Phi) is 5.02. The summed E-state index contributed by atoms with van der Waals surface area (Å²) in [6.45, 7) is 1.27. The molecule has 1 aliphatic carbocycles. The molecule has 1 aliphatic heterocycles. The lowest BCUT2D eigenvalue weighted by Gasteiger charge is -2.31. The predicted octanol–water partition coefficient (Wildman–Crippen LogP) is 1.68. The summed E-state index contributed by atoms with van der Waals surface area (Å²) in [6, 6.07) is 0. The minimum Gasteiger partial charge on any atom is -0.393 e. The second-order valence-electron chi connectivity index (χ2n) is 6.53. The van der Waals surface area contributed by atoms with Crippen LogP contribution in [0.1, 0.15) is 46.5 Å². The number of aryl methyl sites for hydroxylation is 1. The molecule has 1 aromatic heterocycles. The van der Waals surface area contributed by atoms with Gasteiger partial charge in [-0.3, -0.25) is 9.59 Å². The van der Waals surface area contributed by atoms with Crippen LogP contribution in [0.15, 0.2) is 5.38 Å². The summed E-state index contributed by atoms with van der Waals surface area (Å²) in [5, 5.41) is 11.5. The third kappa shape index (κ3) is 3.58. The van der Waals surface area contributed by atoms with Crippen LogP contribution in [0, 0.1) is 0 Å². The molecule has 1 saturated heterocycles. The second-order valence-corrected chi connectivity index (χ2v) is 7.50. The Morgan fingerprint density at radius 2 is 2.00 bits per heavy atom. The van der Waals surface area contributed by atoms with Crippen molar-refractivity contribution in [3.63, 3.8) is 0 Å². The summed E-state index contributed by atoms with van der Waals surface area (Å²) in [4.78, 5) is 29.6. The summed E-state index contributed by atoms with van der Waals surface area (Å²) < 4.78 is 0. The van der Waals surface area contributed by atoms with Crippen molar-refractivity contribution in [3.8, 4) is 0 Å². The highest BCUT2D eigenvalue weighted by molar-refractivity contribution is 7.10. The van der Waals surface area contributed by atoms with Gasteiger partial charge in [-0.25, -0.2) is 0 Å². The quantitative estimate of drug-likeness (QED) is 0.914. The van der Waals surface area contributed by atoms with Crippen molar-refractivity contribution in [3.05, 3.63) is 21.4 Å². The van der Waals surface area contributed by atoms with Crippen molar-refractivity contribution < 1.29 is 14.7 Å². The molecular weight excluding hydrogens is 312 g/mol. The molecule has 1 N–H and O–H groups in total. The number of thiophene rings is 1. The molecule has 126 valence electrons. The van der Waals surface area contributed by atoms with Gasteiger partial charge in [0.05, 0.1) is 18.2 Å². The zero-order chi connectivity index (χ0) is 16.4. The second kappa shape index (κ2) is 7.01. The number of piperidine rings is 1. The van der Waals surface area contributed by atoms with Crippen LogP contribution < -0.4 is 0 Å². The number of carbonyl (C=O) groups excluding carboxylic acids is 2. The van der Waals surface area contributed by atoms with Gasteiger partial charge in [0.15, 0.2) is 0 Å². The molecule has 2 amide bonds. The molecule has 6 heteroatoms. The Bertz CT molecular complexity index is 591. The lowest BCUT2D eigenvalue weighted by atomic mass is 9.95. The fourth-order valence-electron chi connectivity index (χ4n) is 3.37. The molecule has 23 heavy (non-hydrogen) atoms. The maximum atomic E-state index is 12.7. The third-order valence-corrected chi connectivity index (χ3v) is 5.92. The molecule has 2 aliphatic rings. The molecule has 0 radical (unpaired) electrons. The predicted molar refractivity (Wildman–Crippen MR) is 89.7 cm³/mol. The van der Waals surface area contributed by atoms with Crippen molar-refractivity contribution in [2.75, 3.05) is 26.7 Å². The topological polar surface area (TPSA) is 60.9 Å². The maximum Gasteiger partial charge on any atom is 0.255 e. The number of fused-ring (bicyclic) bond motifs is 1. The minimum absolute atomic E-state index is 0.0307. The van der Waals surface area contributed by atoms with Gasteiger partial charge in [-0.2, -0.15) is 0 Å². The zero-order valence-electron chi connectivity index (χ0n) is 13.6. The van der Waals surface area contributed by atoms with Gasteiger partial charge < -0.3 is 14.9 Å². The zero-order valence-corrected chi connectivity index (χ0v) is 14.4. The van der Waals surface area contributed by atoms with E-state index in [-0.39, 0.29) is 24.5 Å². The van der Waals surface area contributed by atoms with E-state index in [1.807, 2.05) is 5.38 Å². The van der Waals surface area contributed by atoms with Crippen LogP contribution in [0.2, 0.25) is 0 Å². The summed E-state index contributed by atoms with van der Waals surface area (Å²) >= 11 is 1.67. The normalized spacial score (nSPS) is 18.6. The first-order valence-electron chi connectivity index (χ1n) is 8.37. The van der Waals surface area contributed by atoms with Crippen LogP contribution in [0.5, 0.6) is 0 Å². The van der Waals surface area contributed by atoms with E-state index in [2.05, 4.69) is 0 Å². The fraction of sp³-hybridized carbons (Fsp3) is 0.647. The SMILES string of the molecule is CN(CC(=O)N1CCC(O)CC1)C(=O)c1csc2c1CCCC2. The van der Waals surface area contributed by atoms with Crippen molar-refractivity contribution in [2.45, 2.75) is 44.6 Å². The first-order chi connectivity index (χ1) is 11.1. The number of aliphatic hydroxyl groups excluding tert-OH is 1. The Hall–Kier alpha value is -1.40. The summed E-state index contributed by atoms with van der Waals surface area (Å²) in [5.41, 5.74) is 1.99. The maximum absolute atomic E-state index is 12.7. The van der Waals surface area contributed by atoms with Crippen molar-refractivity contribution in [1.82, 2.24) is 9.80 Å². The van der Waals surface area contributed by atoms with Crippen LogP contribution in [0.25, 0.3) is 0 Å². The number of nitrogens with zero attached hydrogens (tertiary/aromatic N) is 2. The van der Waals surface area contributed by atoms with E-state index >= 15 is 0 Å². The molecule has 0 saturated carbocycles. The third-order valence-electron chi connectivity index (χ3n) is 4.83. The lowest BCUT2D eigenvalue weighted by molar-refractivity contribution is -0.133. The Labute approximate surface area is 140 Å². The van der Waals surface area contributed by atoms with E-state index in [9.17, 15) is 14.7 Å². The smallest absolute Gasteiger partial charge is 0.255 e. The van der Waals surface area contributed by atoms with E-state index in [1.165, 1.54) is 21.8 Å². The summed E-state index contributed by atoms with van der Waals surface area (Å²) in [7, 11) is 1.70. The molecule has 0 atom stereocenters. The van der Waals surface area contributed by atoms with Gasteiger partial charge in [-0.15, -0.1) is 11.3 Å². The van der Waals surface area contributed by atoms with Gasteiger partial charge in [0.1, 0.15) is 0 Å². The van der Waals surface area contributed by atoms with Gasteiger partial charge in [-0.05, 0) is 44.1 Å². The highest BCUT2D eigenvalue weighted by Gasteiger charge is 2.26. The summed E-state index contributed by atoms with van der Waals surface area (Å²) in [6.07, 6.45) is 5.36. The van der Waals surface area contributed by atoms with Crippen LogP contribution in [-0.4, -0.2) is 59.5 Å². The molecule has 0 aromatic carbocycles. The van der Waals surface area contributed by atoms with E-state index < -0.39 is 0 Å². The monoisotopic (exact) mass is 336 g/mol. The molecule has 0 spiro atoms. The average Bonchev–Trinajstić information content (AvgIpc) is 2.98. The first kappa shape index (κ1) is 16.5. The number of likely N-dealkylation sites (N-methyl/N-ethyl adjacent to an activating group) is 1. The minimum atomic E-state index is -0.296. The number of aliphatic hydroxyl groups is 1. The fourth-order valence-corrected chi connectivity index (χ4v) is 4.49. The van der Waals surface area contributed by atoms with Crippen molar-refractivity contribution in [1.29, 1.82) is 0 Å². The molecule has 3 rings (SSSR count). The van der Waals surface area contributed by atoms with Gasteiger partial charge in [0.25, 0.3) is 5.91 Å². The molecular formula is C17H24N2O3S. The van der Waals surface area contributed by atoms with E-state index in [0.29, 0.717) is 25.9 Å². The van der Waals surface area contributed by atoms with E-state index in [4.69, 9.17) is 0 Å².